The molecule has 1 aliphatic heterocycles. The number of rotatable bonds is 8. The lowest BCUT2D eigenvalue weighted by Crippen LogP contribution is -2.38. The number of ketones is 1. The Morgan fingerprint density at radius 1 is 1.02 bits per heavy atom. The van der Waals surface area contributed by atoms with Crippen molar-refractivity contribution in [2.75, 3.05) is 13.1 Å². The number of hydrogen-bond acceptors (Lipinski definition) is 6. The fraction of sp³-hybridized carbons (Fsp3) is 0.357. The van der Waals surface area contributed by atoms with E-state index in [1.165, 1.54) is 0 Å². The Balaban J connectivity index is 1.28. The smallest absolute Gasteiger partial charge is 0.342 e. The van der Waals surface area contributed by atoms with Gasteiger partial charge in [-0.25, -0.2) is 9.50 Å². The van der Waals surface area contributed by atoms with Gasteiger partial charge in [-0.2, -0.15) is 28.6 Å². The number of hydrogen-bond donors (Lipinski definition) is 0. The summed E-state index contributed by atoms with van der Waals surface area (Å²) < 4.78 is 40.9. The third-order valence-corrected chi connectivity index (χ3v) is 7.03. The van der Waals surface area contributed by atoms with E-state index in [2.05, 4.69) is 15.2 Å². The Labute approximate surface area is 227 Å². The Bertz CT molecular complexity index is 1580. The predicted molar refractivity (Wildman–Crippen MR) is 139 cm³/mol. The van der Waals surface area contributed by atoms with Crippen LogP contribution in [0.1, 0.15) is 43.7 Å². The molecule has 4 aromatic rings. The van der Waals surface area contributed by atoms with Crippen molar-refractivity contribution in [3.05, 3.63) is 60.7 Å². The van der Waals surface area contributed by atoms with Gasteiger partial charge in [0.2, 0.25) is 5.91 Å². The first-order chi connectivity index (χ1) is 19.2. The lowest BCUT2D eigenvalue weighted by molar-refractivity contribution is -0.143. The zero-order chi connectivity index (χ0) is 28.3. The third kappa shape index (κ3) is 6.20. The molecule has 40 heavy (non-hydrogen) atoms. The van der Waals surface area contributed by atoms with Crippen molar-refractivity contribution in [1.29, 1.82) is 5.26 Å². The monoisotopic (exact) mass is 549 g/mol. The van der Waals surface area contributed by atoms with Gasteiger partial charge < -0.3 is 4.90 Å². The van der Waals surface area contributed by atoms with Crippen LogP contribution >= 0.6 is 0 Å². The molecule has 0 saturated carbocycles. The summed E-state index contributed by atoms with van der Waals surface area (Å²) in [6.07, 6.45) is 2.44. The Morgan fingerprint density at radius 3 is 2.55 bits per heavy atom. The van der Waals surface area contributed by atoms with Gasteiger partial charge >= 0.3 is 6.18 Å². The number of imidazole rings is 1. The number of carbonyl (C=O) groups is 2. The van der Waals surface area contributed by atoms with E-state index >= 15 is 0 Å². The van der Waals surface area contributed by atoms with Crippen molar-refractivity contribution in [2.45, 2.75) is 50.7 Å². The van der Waals surface area contributed by atoms with Crippen molar-refractivity contribution in [2.24, 2.45) is 0 Å². The molecule has 1 saturated heterocycles. The van der Waals surface area contributed by atoms with E-state index in [-0.39, 0.29) is 24.8 Å². The van der Waals surface area contributed by atoms with Crippen LogP contribution in [0.25, 0.3) is 28.0 Å². The number of alkyl halides is 3. The molecule has 9 nitrogen and oxygen atoms in total. The number of nitriles is 1. The molecule has 5 rings (SSSR count). The summed E-state index contributed by atoms with van der Waals surface area (Å²) in [7, 11) is 0. The Morgan fingerprint density at radius 2 is 1.80 bits per heavy atom. The average molecular weight is 550 g/mol. The zero-order valence-electron chi connectivity index (χ0n) is 21.5. The Hall–Kier alpha value is -4.53. The number of amides is 1. The van der Waals surface area contributed by atoms with Crippen molar-refractivity contribution in [3.8, 4) is 28.5 Å². The number of fused-ring (bicyclic) bond motifs is 1. The number of nitrogens with zero attached hydrogens (tertiary/aromatic N) is 7. The lowest BCUT2D eigenvalue weighted by atomic mass is 10.0. The number of aromatic nitrogens is 5. The highest BCUT2D eigenvalue weighted by Gasteiger charge is 2.28. The normalized spacial score (nSPS) is 14.4. The third-order valence-electron chi connectivity index (χ3n) is 7.03. The van der Waals surface area contributed by atoms with Gasteiger partial charge in [-0.15, -0.1) is 0 Å². The molecule has 0 aliphatic carbocycles. The van der Waals surface area contributed by atoms with Crippen LogP contribution in [0.15, 0.2) is 55.1 Å². The van der Waals surface area contributed by atoms with Crippen LogP contribution < -0.4 is 0 Å². The van der Waals surface area contributed by atoms with Gasteiger partial charge in [0, 0.05) is 48.8 Å². The predicted octanol–water partition coefficient (Wildman–Crippen LogP) is 4.79. The minimum atomic E-state index is -4.35. The van der Waals surface area contributed by atoms with Crippen LogP contribution in [0.3, 0.4) is 0 Å². The number of halogens is 3. The van der Waals surface area contributed by atoms with E-state index in [1.54, 1.807) is 46.2 Å². The highest BCUT2D eigenvalue weighted by atomic mass is 19.4. The number of Topliss-reactive ketones (excluding diaryl/α,β-unsaturated/α-hetero) is 1. The fourth-order valence-electron chi connectivity index (χ4n) is 4.91. The molecule has 1 fully saturated rings. The summed E-state index contributed by atoms with van der Waals surface area (Å²) in [6, 6.07) is 11.0. The summed E-state index contributed by atoms with van der Waals surface area (Å²) in [6.45, 7) is 1.18. The van der Waals surface area contributed by atoms with Crippen LogP contribution in [-0.2, 0) is 16.0 Å². The van der Waals surface area contributed by atoms with Gasteiger partial charge in [-0.05, 0) is 30.5 Å². The second-order valence-corrected chi connectivity index (χ2v) is 9.84. The van der Waals surface area contributed by atoms with Crippen molar-refractivity contribution < 1.29 is 22.8 Å². The fourth-order valence-corrected chi connectivity index (χ4v) is 4.91. The molecule has 3 aromatic heterocycles. The average Bonchev–Trinajstić information content (AvgIpc) is 3.59. The topological polar surface area (TPSA) is 109 Å². The molecule has 0 atom stereocenters. The molecule has 0 unspecified atom stereocenters. The van der Waals surface area contributed by atoms with Crippen LogP contribution in [0, 0.1) is 11.3 Å². The van der Waals surface area contributed by atoms with Crippen LogP contribution in [0.2, 0.25) is 0 Å². The van der Waals surface area contributed by atoms with Crippen LogP contribution in [0.5, 0.6) is 0 Å². The van der Waals surface area contributed by atoms with Gasteiger partial charge in [0.15, 0.2) is 5.65 Å². The summed E-state index contributed by atoms with van der Waals surface area (Å²) in [4.78, 5) is 30.2. The molecule has 0 spiro atoms. The highest BCUT2D eigenvalue weighted by molar-refractivity contribution is 5.81. The first-order valence-electron chi connectivity index (χ1n) is 12.9. The minimum absolute atomic E-state index is 0.0720. The second-order valence-electron chi connectivity index (χ2n) is 9.84. The SMILES string of the molecule is N#CCC(=O)N1CCC(n2cc(-c3cnn4c(-c5cccc(CC(=O)CCC(F)(F)F)c5)cnc4c3)cn2)CC1. The molecule has 0 N–H and O–H groups in total. The largest absolute Gasteiger partial charge is 0.389 e. The summed E-state index contributed by atoms with van der Waals surface area (Å²) >= 11 is 0. The van der Waals surface area contributed by atoms with Crippen molar-refractivity contribution in [3.63, 3.8) is 0 Å². The highest BCUT2D eigenvalue weighted by Crippen LogP contribution is 2.28. The molecule has 206 valence electrons. The van der Waals surface area contributed by atoms with E-state index < -0.39 is 24.8 Å². The second kappa shape index (κ2) is 11.3. The van der Waals surface area contributed by atoms with E-state index in [0.29, 0.717) is 30.0 Å². The van der Waals surface area contributed by atoms with Gasteiger partial charge in [-0.1, -0.05) is 18.2 Å². The minimum Gasteiger partial charge on any atom is -0.342 e. The summed E-state index contributed by atoms with van der Waals surface area (Å²) in [5.74, 6) is -0.601. The van der Waals surface area contributed by atoms with Gasteiger partial charge in [0.05, 0.1) is 42.8 Å². The molecule has 1 aromatic carbocycles. The number of likely N-dealkylation sites (tertiary alicyclic amines) is 1. The van der Waals surface area contributed by atoms with Gasteiger partial charge in [0.25, 0.3) is 0 Å². The molecular formula is C28H26F3N7O2. The molecule has 1 aliphatic rings. The first kappa shape index (κ1) is 27.1. The number of carbonyl (C=O) groups excluding carboxylic acids is 2. The zero-order valence-corrected chi connectivity index (χ0v) is 21.5. The maximum Gasteiger partial charge on any atom is 0.389 e. The Kier molecular flexibility index (Phi) is 7.64. The quantitative estimate of drug-likeness (QED) is 0.313. The van der Waals surface area contributed by atoms with Gasteiger partial charge in [0.1, 0.15) is 12.2 Å². The van der Waals surface area contributed by atoms with Crippen LogP contribution in [0.4, 0.5) is 13.2 Å². The van der Waals surface area contributed by atoms with E-state index in [1.807, 2.05) is 29.1 Å². The maximum absolute atomic E-state index is 12.4. The molecule has 1 amide bonds. The summed E-state index contributed by atoms with van der Waals surface area (Å²) in [5, 5.41) is 17.8. The molecular weight excluding hydrogens is 523 g/mol. The number of piperidine rings is 1. The molecule has 0 bridgehead atoms. The lowest BCUT2D eigenvalue weighted by Gasteiger charge is -2.31. The van der Waals surface area contributed by atoms with E-state index in [0.717, 1.165) is 29.5 Å². The summed E-state index contributed by atoms with van der Waals surface area (Å²) in [5.41, 5.74) is 4.39. The number of benzene rings is 1. The van der Waals surface area contributed by atoms with E-state index in [9.17, 15) is 22.8 Å². The molecule has 4 heterocycles. The van der Waals surface area contributed by atoms with E-state index in [4.69, 9.17) is 5.26 Å². The van der Waals surface area contributed by atoms with Crippen molar-refractivity contribution >= 4 is 17.3 Å². The van der Waals surface area contributed by atoms with Crippen molar-refractivity contribution in [1.82, 2.24) is 29.3 Å². The first-order valence-corrected chi connectivity index (χ1v) is 12.9. The van der Waals surface area contributed by atoms with Crippen LogP contribution in [-0.4, -0.2) is 60.2 Å². The standard InChI is InChI=1S/C28H26F3N7O2/c29-28(30,31)8-4-24(39)13-19-2-1-3-20(12-19)25-17-33-26-14-21(15-35-38(25)26)22-16-34-37(18-22)23-6-10-36(11-7-23)27(40)5-9-32/h1-3,12,14-18,23H,4-8,10-11,13H2. The van der Waals surface area contributed by atoms with Gasteiger partial charge in [-0.3, -0.25) is 14.3 Å². The maximum atomic E-state index is 12.4. The molecule has 0 radical (unpaired) electrons. The molecule has 12 heteroatoms.